The lowest BCUT2D eigenvalue weighted by Gasteiger charge is -2.50. The highest BCUT2D eigenvalue weighted by Crippen LogP contribution is 2.44. The van der Waals surface area contributed by atoms with Crippen molar-refractivity contribution in [3.63, 3.8) is 0 Å². The first-order chi connectivity index (χ1) is 9.91. The molecule has 1 rings (SSSR count). The molecular weight excluding hydrogens is 286 g/mol. The third kappa shape index (κ3) is 4.12. The highest BCUT2D eigenvalue weighted by molar-refractivity contribution is 5.74. The molecule has 128 valence electrons. The number of carboxylic acid groups (broad SMARTS) is 1. The van der Waals surface area contributed by atoms with E-state index < -0.39 is 34.7 Å². The van der Waals surface area contributed by atoms with Crippen molar-refractivity contribution in [3.8, 4) is 0 Å². The van der Waals surface area contributed by atoms with Crippen molar-refractivity contribution in [1.82, 2.24) is 5.32 Å². The first-order valence-corrected chi connectivity index (χ1v) is 7.83. The van der Waals surface area contributed by atoms with E-state index in [4.69, 9.17) is 4.74 Å². The molecule has 1 atom stereocenters. The van der Waals surface area contributed by atoms with E-state index in [1.165, 1.54) is 0 Å². The summed E-state index contributed by atoms with van der Waals surface area (Å²) in [6, 6.07) is 0. The van der Waals surface area contributed by atoms with Crippen LogP contribution in [0.4, 0.5) is 4.79 Å². The van der Waals surface area contributed by atoms with Crippen molar-refractivity contribution < 1.29 is 24.5 Å². The molecule has 0 heterocycles. The van der Waals surface area contributed by atoms with Gasteiger partial charge in [-0.3, -0.25) is 0 Å². The van der Waals surface area contributed by atoms with Crippen LogP contribution in [0.1, 0.15) is 66.7 Å². The molecule has 1 aliphatic carbocycles. The Morgan fingerprint density at radius 2 is 1.59 bits per heavy atom. The number of aliphatic hydroxyl groups excluding tert-OH is 1. The van der Waals surface area contributed by atoms with Crippen molar-refractivity contribution >= 4 is 12.1 Å². The van der Waals surface area contributed by atoms with Gasteiger partial charge in [-0.1, -0.05) is 33.1 Å². The molecule has 0 aromatic rings. The lowest BCUT2D eigenvalue weighted by Crippen LogP contribution is -2.64. The van der Waals surface area contributed by atoms with Gasteiger partial charge in [0.05, 0.1) is 5.54 Å². The summed E-state index contributed by atoms with van der Waals surface area (Å²) in [5.74, 6) is -1.28. The van der Waals surface area contributed by atoms with Gasteiger partial charge in [0.25, 0.3) is 0 Å². The molecule has 6 nitrogen and oxygen atoms in total. The molecule has 0 spiro atoms. The monoisotopic (exact) mass is 315 g/mol. The Hall–Kier alpha value is -1.30. The first-order valence-electron chi connectivity index (χ1n) is 7.83. The second kappa shape index (κ2) is 6.44. The van der Waals surface area contributed by atoms with E-state index in [-0.39, 0.29) is 0 Å². The third-order valence-corrected chi connectivity index (χ3v) is 4.60. The van der Waals surface area contributed by atoms with Gasteiger partial charge < -0.3 is 20.3 Å². The summed E-state index contributed by atoms with van der Waals surface area (Å²) >= 11 is 0. The molecule has 1 saturated carbocycles. The number of nitrogens with one attached hydrogen (secondary N) is 1. The molecule has 1 amide bonds. The summed E-state index contributed by atoms with van der Waals surface area (Å²) in [6.45, 7) is 8.70. The van der Waals surface area contributed by atoms with Crippen LogP contribution >= 0.6 is 0 Å². The zero-order chi connectivity index (χ0) is 17.2. The summed E-state index contributed by atoms with van der Waals surface area (Å²) in [5, 5.41) is 22.2. The molecule has 22 heavy (non-hydrogen) atoms. The summed E-state index contributed by atoms with van der Waals surface area (Å²) in [5.41, 5.74) is -2.42. The second-order valence-corrected chi connectivity index (χ2v) is 7.73. The zero-order valence-electron chi connectivity index (χ0n) is 14.2. The second-order valence-electron chi connectivity index (χ2n) is 7.73. The van der Waals surface area contributed by atoms with Gasteiger partial charge in [-0.05, 0) is 33.6 Å². The Balaban J connectivity index is 3.05. The molecule has 0 aromatic carbocycles. The Kier molecular flexibility index (Phi) is 5.49. The van der Waals surface area contributed by atoms with Crippen molar-refractivity contribution in [1.29, 1.82) is 0 Å². The fraction of sp³-hybridized carbons (Fsp3) is 0.875. The number of carbonyl (C=O) groups excluding carboxylic acids is 1. The van der Waals surface area contributed by atoms with Crippen molar-refractivity contribution in [2.45, 2.75) is 84.0 Å². The SMILES string of the molecule is CC(C)(C)OC(=O)NC1(C(C)(C)C(O)C(=O)O)CCCCC1. The number of aliphatic carboxylic acids is 1. The summed E-state index contributed by atoms with van der Waals surface area (Å²) < 4.78 is 5.32. The fourth-order valence-corrected chi connectivity index (χ4v) is 3.16. The lowest BCUT2D eigenvalue weighted by molar-refractivity contribution is -0.158. The van der Waals surface area contributed by atoms with E-state index in [9.17, 15) is 19.8 Å². The lowest BCUT2D eigenvalue weighted by atomic mass is 9.62. The molecule has 3 N–H and O–H groups in total. The van der Waals surface area contributed by atoms with Crippen LogP contribution in [0.25, 0.3) is 0 Å². The van der Waals surface area contributed by atoms with E-state index in [0.29, 0.717) is 12.8 Å². The average molecular weight is 315 g/mol. The molecule has 1 aliphatic rings. The molecular formula is C16H29NO5. The summed E-state index contributed by atoms with van der Waals surface area (Å²) in [4.78, 5) is 23.5. The van der Waals surface area contributed by atoms with Crippen LogP contribution in [0.3, 0.4) is 0 Å². The number of ether oxygens (including phenoxy) is 1. The molecule has 0 bridgehead atoms. The molecule has 0 saturated heterocycles. The predicted molar refractivity (Wildman–Crippen MR) is 82.6 cm³/mol. The minimum atomic E-state index is -1.56. The standard InChI is InChI=1S/C16H29NO5/c1-14(2,3)22-13(21)17-16(9-7-6-8-10-16)15(4,5)11(18)12(19)20/h11,18H,6-10H2,1-5H3,(H,17,21)(H,19,20). The van der Waals surface area contributed by atoms with E-state index in [0.717, 1.165) is 19.3 Å². The zero-order valence-corrected chi connectivity index (χ0v) is 14.2. The Labute approximate surface area is 132 Å². The maximum Gasteiger partial charge on any atom is 0.408 e. The van der Waals surface area contributed by atoms with Crippen LogP contribution in [-0.2, 0) is 9.53 Å². The molecule has 0 aromatic heterocycles. The van der Waals surface area contributed by atoms with E-state index >= 15 is 0 Å². The minimum absolute atomic E-state index is 0.569. The largest absolute Gasteiger partial charge is 0.479 e. The van der Waals surface area contributed by atoms with Gasteiger partial charge in [0.2, 0.25) is 0 Å². The van der Waals surface area contributed by atoms with Crippen LogP contribution in [0.2, 0.25) is 0 Å². The maximum atomic E-state index is 12.2. The van der Waals surface area contributed by atoms with Crippen LogP contribution in [0.5, 0.6) is 0 Å². The Morgan fingerprint density at radius 3 is 2.00 bits per heavy atom. The Morgan fingerprint density at radius 1 is 1.09 bits per heavy atom. The van der Waals surface area contributed by atoms with Gasteiger partial charge in [0, 0.05) is 5.41 Å². The number of rotatable bonds is 4. The molecule has 1 unspecified atom stereocenters. The molecule has 0 aliphatic heterocycles. The average Bonchev–Trinajstić information content (AvgIpc) is 2.36. The van der Waals surface area contributed by atoms with Crippen molar-refractivity contribution in [2.24, 2.45) is 5.41 Å². The fourth-order valence-electron chi connectivity index (χ4n) is 3.16. The molecule has 6 heteroatoms. The van der Waals surface area contributed by atoms with Gasteiger partial charge in [-0.2, -0.15) is 0 Å². The van der Waals surface area contributed by atoms with Crippen molar-refractivity contribution in [2.75, 3.05) is 0 Å². The number of hydrogen-bond acceptors (Lipinski definition) is 4. The number of alkyl carbamates (subject to hydrolysis) is 1. The topological polar surface area (TPSA) is 95.9 Å². The summed E-state index contributed by atoms with van der Waals surface area (Å²) in [6.07, 6.45) is 1.93. The number of hydrogen-bond donors (Lipinski definition) is 3. The van der Waals surface area contributed by atoms with Gasteiger partial charge in [0.15, 0.2) is 6.10 Å². The highest BCUT2D eigenvalue weighted by atomic mass is 16.6. The summed E-state index contributed by atoms with van der Waals surface area (Å²) in [7, 11) is 0. The molecule has 1 fully saturated rings. The quantitative estimate of drug-likeness (QED) is 0.741. The van der Waals surface area contributed by atoms with Gasteiger partial charge >= 0.3 is 12.1 Å². The highest BCUT2D eigenvalue weighted by Gasteiger charge is 2.53. The first kappa shape index (κ1) is 18.7. The Bertz CT molecular complexity index is 419. The smallest absolute Gasteiger partial charge is 0.408 e. The van der Waals surface area contributed by atoms with E-state index in [1.807, 2.05) is 0 Å². The van der Waals surface area contributed by atoms with Crippen molar-refractivity contribution in [3.05, 3.63) is 0 Å². The third-order valence-electron chi connectivity index (χ3n) is 4.60. The number of carboxylic acids is 1. The van der Waals surface area contributed by atoms with Crippen LogP contribution in [-0.4, -0.2) is 39.5 Å². The molecule has 0 radical (unpaired) electrons. The predicted octanol–water partition coefficient (Wildman–Crippen LogP) is 2.69. The number of aliphatic hydroxyl groups is 1. The number of carbonyl (C=O) groups is 2. The van der Waals surface area contributed by atoms with Gasteiger partial charge in [0.1, 0.15) is 5.60 Å². The normalized spacial score (nSPS) is 20.1. The van der Waals surface area contributed by atoms with Crippen LogP contribution in [0.15, 0.2) is 0 Å². The van der Waals surface area contributed by atoms with E-state index in [2.05, 4.69) is 5.32 Å². The maximum absolute atomic E-state index is 12.2. The minimum Gasteiger partial charge on any atom is -0.479 e. The van der Waals surface area contributed by atoms with Gasteiger partial charge in [-0.15, -0.1) is 0 Å². The van der Waals surface area contributed by atoms with Crippen LogP contribution < -0.4 is 5.32 Å². The van der Waals surface area contributed by atoms with Crippen LogP contribution in [0, 0.1) is 5.41 Å². The number of amides is 1. The van der Waals surface area contributed by atoms with Gasteiger partial charge in [-0.25, -0.2) is 9.59 Å². The van der Waals surface area contributed by atoms with E-state index in [1.54, 1.807) is 34.6 Å².